The smallest absolute Gasteiger partial charge is 0.329 e. The van der Waals surface area contributed by atoms with Gasteiger partial charge in [0.2, 0.25) is 11.8 Å². The van der Waals surface area contributed by atoms with Crippen LogP contribution in [-0.2, 0) is 0 Å². The molecule has 1 aliphatic rings. The summed E-state index contributed by atoms with van der Waals surface area (Å²) in [6, 6.07) is 0. The normalized spacial score (nSPS) is 17.2. The monoisotopic (exact) mass is 312 g/mol. The minimum Gasteiger partial charge on any atom is -0.363 e. The SMILES string of the molecule is CSC1(CNc2nc(NN)ncc2[N+](=O)[O-])CCCCC1. The van der Waals surface area contributed by atoms with Crippen molar-refractivity contribution in [2.45, 2.75) is 36.9 Å². The molecule has 1 aromatic rings. The minimum atomic E-state index is -0.491. The van der Waals surface area contributed by atoms with E-state index < -0.39 is 4.92 Å². The Balaban J connectivity index is 2.15. The van der Waals surface area contributed by atoms with E-state index in [4.69, 9.17) is 5.84 Å². The number of nitro groups is 1. The van der Waals surface area contributed by atoms with Crippen molar-refractivity contribution in [1.29, 1.82) is 0 Å². The van der Waals surface area contributed by atoms with Gasteiger partial charge >= 0.3 is 5.69 Å². The van der Waals surface area contributed by atoms with Crippen molar-refractivity contribution in [3.8, 4) is 0 Å². The lowest BCUT2D eigenvalue weighted by molar-refractivity contribution is -0.384. The highest BCUT2D eigenvalue weighted by atomic mass is 32.2. The zero-order chi connectivity index (χ0) is 15.3. The van der Waals surface area contributed by atoms with Crippen LogP contribution in [0.3, 0.4) is 0 Å². The van der Waals surface area contributed by atoms with Crippen molar-refractivity contribution in [3.05, 3.63) is 16.3 Å². The first-order valence-electron chi connectivity index (χ1n) is 6.87. The molecule has 4 N–H and O–H groups in total. The molecule has 1 heterocycles. The molecule has 0 aliphatic heterocycles. The Labute approximate surface area is 127 Å². The fourth-order valence-electron chi connectivity index (χ4n) is 2.60. The predicted octanol–water partition coefficient (Wildman–Crippen LogP) is 2.15. The maximum absolute atomic E-state index is 11.1. The number of nitrogens with zero attached hydrogens (tertiary/aromatic N) is 3. The molecular formula is C12H20N6O2S. The topological polar surface area (TPSA) is 119 Å². The van der Waals surface area contributed by atoms with Gasteiger partial charge in [-0.25, -0.2) is 10.8 Å². The molecule has 0 atom stereocenters. The van der Waals surface area contributed by atoms with Crippen molar-refractivity contribution in [2.75, 3.05) is 23.5 Å². The van der Waals surface area contributed by atoms with Gasteiger partial charge in [-0.05, 0) is 19.1 Å². The summed E-state index contributed by atoms with van der Waals surface area (Å²) in [4.78, 5) is 18.4. The Kier molecular flexibility index (Phi) is 5.18. The zero-order valence-electron chi connectivity index (χ0n) is 12.0. The summed E-state index contributed by atoms with van der Waals surface area (Å²) in [7, 11) is 0. The van der Waals surface area contributed by atoms with Crippen molar-refractivity contribution < 1.29 is 4.92 Å². The molecule has 0 radical (unpaired) electrons. The summed E-state index contributed by atoms with van der Waals surface area (Å²) in [5, 5.41) is 14.2. The average Bonchev–Trinajstić information content (AvgIpc) is 2.53. The van der Waals surface area contributed by atoms with E-state index in [1.165, 1.54) is 19.3 Å². The lowest BCUT2D eigenvalue weighted by Crippen LogP contribution is -2.36. The van der Waals surface area contributed by atoms with Crippen molar-refractivity contribution in [1.82, 2.24) is 9.97 Å². The molecule has 0 unspecified atom stereocenters. The average molecular weight is 312 g/mol. The lowest BCUT2D eigenvalue weighted by Gasteiger charge is -2.35. The summed E-state index contributed by atoms with van der Waals surface area (Å²) in [6.45, 7) is 0.649. The minimum absolute atomic E-state index is 0.118. The van der Waals surface area contributed by atoms with E-state index in [2.05, 4.69) is 27.0 Å². The molecule has 21 heavy (non-hydrogen) atoms. The molecule has 1 saturated carbocycles. The van der Waals surface area contributed by atoms with Crippen LogP contribution in [-0.4, -0.2) is 32.4 Å². The van der Waals surface area contributed by atoms with Crippen molar-refractivity contribution in [2.24, 2.45) is 5.84 Å². The van der Waals surface area contributed by atoms with Crippen LogP contribution < -0.4 is 16.6 Å². The Morgan fingerprint density at radius 2 is 2.19 bits per heavy atom. The van der Waals surface area contributed by atoms with Crippen LogP contribution in [0.25, 0.3) is 0 Å². The van der Waals surface area contributed by atoms with Gasteiger partial charge in [0, 0.05) is 11.3 Å². The van der Waals surface area contributed by atoms with E-state index in [1.807, 2.05) is 11.8 Å². The van der Waals surface area contributed by atoms with E-state index >= 15 is 0 Å². The number of thioether (sulfide) groups is 1. The van der Waals surface area contributed by atoms with Gasteiger partial charge in [-0.3, -0.25) is 15.5 Å². The van der Waals surface area contributed by atoms with Gasteiger partial charge in [0.25, 0.3) is 0 Å². The molecule has 8 nitrogen and oxygen atoms in total. The Bertz CT molecular complexity index is 507. The van der Waals surface area contributed by atoms with E-state index in [-0.39, 0.29) is 22.2 Å². The Hall–Kier alpha value is -1.61. The molecule has 0 aromatic carbocycles. The van der Waals surface area contributed by atoms with Gasteiger partial charge in [0.15, 0.2) is 0 Å². The second kappa shape index (κ2) is 6.90. The maximum atomic E-state index is 11.1. The quantitative estimate of drug-likeness (QED) is 0.415. The van der Waals surface area contributed by atoms with Gasteiger partial charge in [-0.15, -0.1) is 0 Å². The second-order valence-electron chi connectivity index (χ2n) is 5.13. The highest BCUT2D eigenvalue weighted by Gasteiger charge is 2.32. The van der Waals surface area contributed by atoms with Crippen molar-refractivity contribution >= 4 is 29.2 Å². The first-order chi connectivity index (χ1) is 10.1. The number of nitrogens with two attached hydrogens (primary N) is 1. The highest BCUT2D eigenvalue weighted by molar-refractivity contribution is 8.00. The van der Waals surface area contributed by atoms with Crippen molar-refractivity contribution in [3.63, 3.8) is 0 Å². The fourth-order valence-corrected chi connectivity index (χ4v) is 3.52. The number of hydrogen-bond acceptors (Lipinski definition) is 8. The third-order valence-corrected chi connectivity index (χ3v) is 5.29. The number of anilines is 2. The van der Waals surface area contributed by atoms with Crippen LogP contribution in [0.15, 0.2) is 6.20 Å². The third kappa shape index (κ3) is 3.73. The number of nitrogen functional groups attached to an aromatic ring is 1. The van der Waals surface area contributed by atoms with Crippen LogP contribution in [0.2, 0.25) is 0 Å². The molecular weight excluding hydrogens is 292 g/mol. The number of aromatic nitrogens is 2. The Morgan fingerprint density at radius 1 is 1.48 bits per heavy atom. The summed E-state index contributed by atoms with van der Waals surface area (Å²) < 4.78 is 0.118. The molecule has 0 saturated heterocycles. The van der Waals surface area contributed by atoms with Crippen LogP contribution in [0.4, 0.5) is 17.5 Å². The predicted molar refractivity (Wildman–Crippen MR) is 84.3 cm³/mol. The largest absolute Gasteiger partial charge is 0.363 e. The van der Waals surface area contributed by atoms with Crippen LogP contribution in [0, 0.1) is 10.1 Å². The summed E-state index contributed by atoms with van der Waals surface area (Å²) >= 11 is 1.82. The molecule has 9 heteroatoms. The number of nitrogens with one attached hydrogen (secondary N) is 2. The van der Waals surface area contributed by atoms with Crippen LogP contribution >= 0.6 is 11.8 Å². The molecule has 0 spiro atoms. The maximum Gasteiger partial charge on any atom is 0.329 e. The van der Waals surface area contributed by atoms with Gasteiger partial charge in [-0.2, -0.15) is 16.7 Å². The first-order valence-corrected chi connectivity index (χ1v) is 8.10. The zero-order valence-corrected chi connectivity index (χ0v) is 12.8. The van der Waals surface area contributed by atoms with Crippen LogP contribution in [0.5, 0.6) is 0 Å². The summed E-state index contributed by atoms with van der Waals surface area (Å²) in [5.74, 6) is 5.63. The van der Waals surface area contributed by atoms with Gasteiger partial charge in [-0.1, -0.05) is 19.3 Å². The number of hydrogen-bond donors (Lipinski definition) is 3. The first kappa shape index (κ1) is 15.8. The molecule has 116 valence electrons. The number of rotatable bonds is 6. The Morgan fingerprint density at radius 3 is 2.76 bits per heavy atom. The standard InChI is InChI=1S/C12H20N6O2S/c1-21-12(5-3-2-4-6-12)8-15-10-9(18(19)20)7-14-11(16-10)17-13/h7H,2-6,8,13H2,1H3,(H2,14,15,16,17). The summed E-state index contributed by atoms with van der Waals surface area (Å²) in [5.41, 5.74) is 2.17. The molecule has 1 aromatic heterocycles. The van der Waals surface area contributed by atoms with E-state index in [0.29, 0.717) is 6.54 Å². The van der Waals surface area contributed by atoms with E-state index in [9.17, 15) is 10.1 Å². The molecule has 1 aliphatic carbocycles. The fraction of sp³-hybridized carbons (Fsp3) is 0.667. The third-order valence-electron chi connectivity index (χ3n) is 3.87. The summed E-state index contributed by atoms with van der Waals surface area (Å²) in [6.07, 6.45) is 9.14. The van der Waals surface area contributed by atoms with Gasteiger partial charge in [0.1, 0.15) is 6.20 Å². The molecule has 0 bridgehead atoms. The lowest BCUT2D eigenvalue weighted by atomic mass is 9.88. The van der Waals surface area contributed by atoms with Crippen LogP contribution in [0.1, 0.15) is 32.1 Å². The van der Waals surface area contributed by atoms with E-state index in [0.717, 1.165) is 19.0 Å². The van der Waals surface area contributed by atoms with E-state index in [1.54, 1.807) is 0 Å². The number of hydrazine groups is 1. The molecule has 2 rings (SSSR count). The molecule has 1 fully saturated rings. The van der Waals surface area contributed by atoms with Gasteiger partial charge in [0.05, 0.1) is 4.92 Å². The second-order valence-corrected chi connectivity index (χ2v) is 6.40. The van der Waals surface area contributed by atoms with Gasteiger partial charge < -0.3 is 5.32 Å². The molecule has 0 amide bonds. The highest BCUT2D eigenvalue weighted by Crippen LogP contribution is 2.39.